The standard InChI is InChI=1S/C18H19Cl2NO3/c1-3-16(24-17-8-7-13(19)10-15(17)20)18(22)21-11-12-5-4-6-14(9-12)23-2/h4-10,16H,3,11H2,1-2H3,(H,21,22). The van der Waals surface area contributed by atoms with Gasteiger partial charge in [-0.15, -0.1) is 0 Å². The van der Waals surface area contributed by atoms with Crippen molar-refractivity contribution in [3.8, 4) is 11.5 Å². The molecule has 6 heteroatoms. The minimum Gasteiger partial charge on any atom is -0.497 e. The molecule has 0 fully saturated rings. The predicted molar refractivity (Wildman–Crippen MR) is 96.0 cm³/mol. The molecule has 1 atom stereocenters. The molecule has 0 saturated carbocycles. The number of hydrogen-bond donors (Lipinski definition) is 1. The SMILES string of the molecule is CCC(Oc1ccc(Cl)cc1Cl)C(=O)NCc1cccc(OC)c1. The van der Waals surface area contributed by atoms with Gasteiger partial charge in [-0.25, -0.2) is 0 Å². The molecule has 0 heterocycles. The van der Waals surface area contributed by atoms with Crippen LogP contribution in [0, 0.1) is 0 Å². The zero-order valence-electron chi connectivity index (χ0n) is 13.5. The van der Waals surface area contributed by atoms with Crippen molar-refractivity contribution >= 4 is 29.1 Å². The zero-order valence-corrected chi connectivity index (χ0v) is 15.0. The van der Waals surface area contributed by atoms with Crippen LogP contribution in [0.3, 0.4) is 0 Å². The molecule has 1 amide bonds. The Labute approximate surface area is 151 Å². The van der Waals surface area contributed by atoms with E-state index < -0.39 is 6.10 Å². The second-order valence-corrected chi connectivity index (χ2v) is 6.00. The second kappa shape index (κ2) is 8.81. The molecule has 0 saturated heterocycles. The Kier molecular flexibility index (Phi) is 6.76. The lowest BCUT2D eigenvalue weighted by Crippen LogP contribution is -2.37. The summed E-state index contributed by atoms with van der Waals surface area (Å²) in [5.74, 6) is 0.980. The zero-order chi connectivity index (χ0) is 17.5. The number of carbonyl (C=O) groups excluding carboxylic acids is 1. The molecule has 128 valence electrons. The lowest BCUT2D eigenvalue weighted by Gasteiger charge is -2.18. The summed E-state index contributed by atoms with van der Waals surface area (Å²) in [5.41, 5.74) is 0.946. The topological polar surface area (TPSA) is 47.6 Å². The van der Waals surface area contributed by atoms with Gasteiger partial charge in [0.15, 0.2) is 6.10 Å². The molecule has 0 radical (unpaired) electrons. The number of halogens is 2. The van der Waals surface area contributed by atoms with Crippen LogP contribution in [0.4, 0.5) is 0 Å². The van der Waals surface area contributed by atoms with E-state index in [2.05, 4.69) is 5.32 Å². The molecule has 1 N–H and O–H groups in total. The maximum absolute atomic E-state index is 12.3. The molecule has 0 aliphatic carbocycles. The van der Waals surface area contributed by atoms with Gasteiger partial charge < -0.3 is 14.8 Å². The largest absolute Gasteiger partial charge is 0.497 e. The highest BCUT2D eigenvalue weighted by Gasteiger charge is 2.19. The summed E-state index contributed by atoms with van der Waals surface area (Å²) in [5, 5.41) is 3.76. The monoisotopic (exact) mass is 367 g/mol. The number of hydrogen-bond acceptors (Lipinski definition) is 3. The van der Waals surface area contributed by atoms with Gasteiger partial charge in [-0.1, -0.05) is 42.3 Å². The molecule has 0 bridgehead atoms. The van der Waals surface area contributed by atoms with Crippen LogP contribution in [0.5, 0.6) is 11.5 Å². The van der Waals surface area contributed by atoms with Crippen molar-refractivity contribution < 1.29 is 14.3 Å². The van der Waals surface area contributed by atoms with Gasteiger partial charge in [-0.05, 0) is 42.3 Å². The quantitative estimate of drug-likeness (QED) is 0.784. The fourth-order valence-corrected chi connectivity index (χ4v) is 2.58. The van der Waals surface area contributed by atoms with Crippen LogP contribution >= 0.6 is 23.2 Å². The summed E-state index contributed by atoms with van der Waals surface area (Å²) in [7, 11) is 1.61. The van der Waals surface area contributed by atoms with Crippen molar-refractivity contribution in [1.29, 1.82) is 0 Å². The van der Waals surface area contributed by atoms with Crippen LogP contribution in [0.15, 0.2) is 42.5 Å². The smallest absolute Gasteiger partial charge is 0.261 e. The van der Waals surface area contributed by atoms with Crippen LogP contribution in [0.2, 0.25) is 10.0 Å². The number of amides is 1. The van der Waals surface area contributed by atoms with E-state index in [1.54, 1.807) is 25.3 Å². The van der Waals surface area contributed by atoms with Gasteiger partial charge in [0.1, 0.15) is 11.5 Å². The van der Waals surface area contributed by atoms with Crippen LogP contribution in [0.1, 0.15) is 18.9 Å². The second-order valence-electron chi connectivity index (χ2n) is 5.16. The Bertz CT molecular complexity index is 706. The van der Waals surface area contributed by atoms with E-state index in [0.717, 1.165) is 11.3 Å². The number of carbonyl (C=O) groups is 1. The highest BCUT2D eigenvalue weighted by atomic mass is 35.5. The van der Waals surface area contributed by atoms with Gasteiger partial charge in [-0.2, -0.15) is 0 Å². The maximum Gasteiger partial charge on any atom is 0.261 e. The number of ether oxygens (including phenoxy) is 2. The molecular weight excluding hydrogens is 349 g/mol. The first-order valence-corrected chi connectivity index (χ1v) is 8.31. The molecule has 0 aliphatic heterocycles. The molecule has 2 aromatic rings. The van der Waals surface area contributed by atoms with Gasteiger partial charge in [0.25, 0.3) is 5.91 Å². The van der Waals surface area contributed by atoms with E-state index in [-0.39, 0.29) is 5.91 Å². The maximum atomic E-state index is 12.3. The molecule has 2 rings (SSSR count). The van der Waals surface area contributed by atoms with Crippen molar-refractivity contribution in [2.75, 3.05) is 7.11 Å². The fraction of sp³-hybridized carbons (Fsp3) is 0.278. The third-order valence-corrected chi connectivity index (χ3v) is 3.96. The van der Waals surface area contributed by atoms with Gasteiger partial charge >= 0.3 is 0 Å². The lowest BCUT2D eigenvalue weighted by molar-refractivity contribution is -0.128. The third kappa shape index (κ3) is 5.05. The van der Waals surface area contributed by atoms with E-state index in [9.17, 15) is 4.79 Å². The Balaban J connectivity index is 1.98. The van der Waals surface area contributed by atoms with E-state index in [4.69, 9.17) is 32.7 Å². The van der Waals surface area contributed by atoms with Crippen molar-refractivity contribution in [2.24, 2.45) is 0 Å². The summed E-state index contributed by atoms with van der Waals surface area (Å²) in [6.45, 7) is 2.27. The Hall–Kier alpha value is -1.91. The highest BCUT2D eigenvalue weighted by molar-refractivity contribution is 6.35. The fourth-order valence-electron chi connectivity index (χ4n) is 2.13. The predicted octanol–water partition coefficient (Wildman–Crippen LogP) is 4.48. The van der Waals surface area contributed by atoms with E-state index in [0.29, 0.717) is 28.8 Å². The average molecular weight is 368 g/mol. The minimum atomic E-state index is -0.630. The summed E-state index contributed by atoms with van der Waals surface area (Å²) in [6, 6.07) is 12.4. The van der Waals surface area contributed by atoms with E-state index >= 15 is 0 Å². The normalized spacial score (nSPS) is 11.7. The van der Waals surface area contributed by atoms with Crippen LogP contribution in [-0.2, 0) is 11.3 Å². The Morgan fingerprint density at radius 1 is 1.21 bits per heavy atom. The number of benzene rings is 2. The number of methoxy groups -OCH3 is 1. The molecule has 2 aromatic carbocycles. The number of rotatable bonds is 7. The van der Waals surface area contributed by atoms with Gasteiger partial charge in [0.05, 0.1) is 12.1 Å². The minimum absolute atomic E-state index is 0.202. The van der Waals surface area contributed by atoms with Crippen molar-refractivity contribution in [3.05, 3.63) is 58.1 Å². The van der Waals surface area contributed by atoms with Crippen LogP contribution in [-0.4, -0.2) is 19.1 Å². The van der Waals surface area contributed by atoms with Gasteiger partial charge in [0.2, 0.25) is 0 Å². The van der Waals surface area contributed by atoms with E-state index in [1.165, 1.54) is 0 Å². The summed E-state index contributed by atoms with van der Waals surface area (Å²) in [4.78, 5) is 12.3. The molecule has 1 unspecified atom stereocenters. The van der Waals surface area contributed by atoms with Gasteiger partial charge in [-0.3, -0.25) is 4.79 Å². The molecular formula is C18H19Cl2NO3. The third-order valence-electron chi connectivity index (χ3n) is 3.43. The number of nitrogens with one attached hydrogen (secondary N) is 1. The van der Waals surface area contributed by atoms with Crippen LogP contribution < -0.4 is 14.8 Å². The molecule has 0 spiro atoms. The molecule has 4 nitrogen and oxygen atoms in total. The first kappa shape index (κ1) is 18.4. The van der Waals surface area contributed by atoms with Crippen LogP contribution in [0.25, 0.3) is 0 Å². The Morgan fingerprint density at radius 3 is 2.67 bits per heavy atom. The van der Waals surface area contributed by atoms with Crippen molar-refractivity contribution in [1.82, 2.24) is 5.32 Å². The summed E-state index contributed by atoms with van der Waals surface area (Å²) >= 11 is 11.9. The lowest BCUT2D eigenvalue weighted by atomic mass is 10.2. The van der Waals surface area contributed by atoms with Crippen molar-refractivity contribution in [3.63, 3.8) is 0 Å². The first-order chi connectivity index (χ1) is 11.5. The molecule has 0 aliphatic rings. The first-order valence-electron chi connectivity index (χ1n) is 7.55. The summed E-state index contributed by atoms with van der Waals surface area (Å²) < 4.78 is 10.9. The van der Waals surface area contributed by atoms with Gasteiger partial charge in [0, 0.05) is 11.6 Å². The van der Waals surface area contributed by atoms with E-state index in [1.807, 2.05) is 31.2 Å². The highest BCUT2D eigenvalue weighted by Crippen LogP contribution is 2.28. The molecule has 24 heavy (non-hydrogen) atoms. The van der Waals surface area contributed by atoms with Crippen molar-refractivity contribution in [2.45, 2.75) is 26.0 Å². The average Bonchev–Trinajstić information content (AvgIpc) is 2.59. The molecule has 0 aromatic heterocycles. The Morgan fingerprint density at radius 2 is 2.00 bits per heavy atom. The summed E-state index contributed by atoms with van der Waals surface area (Å²) in [6.07, 6.45) is -0.114.